The lowest BCUT2D eigenvalue weighted by Gasteiger charge is -2.13. The second-order valence-electron chi connectivity index (χ2n) is 6.21. The minimum atomic E-state index is 0.595. The van der Waals surface area contributed by atoms with Crippen LogP contribution in [0.4, 0.5) is 0 Å². The molecule has 1 heterocycles. The zero-order chi connectivity index (χ0) is 20.0. The van der Waals surface area contributed by atoms with E-state index in [1.165, 1.54) is 0 Å². The lowest BCUT2D eigenvalue weighted by atomic mass is 10.2. The van der Waals surface area contributed by atoms with E-state index in [-0.39, 0.29) is 0 Å². The van der Waals surface area contributed by atoms with Gasteiger partial charge in [0.05, 0.1) is 13.7 Å². The molecular weight excluding hydrogens is 356 g/mol. The van der Waals surface area contributed by atoms with E-state index < -0.39 is 0 Å². The summed E-state index contributed by atoms with van der Waals surface area (Å²) in [6.07, 6.45) is 3.57. The third-order valence-electron chi connectivity index (χ3n) is 4.20. The summed E-state index contributed by atoms with van der Waals surface area (Å²) in [5, 5.41) is 14.9. The fourth-order valence-corrected chi connectivity index (χ4v) is 2.64. The van der Waals surface area contributed by atoms with Gasteiger partial charge < -0.3 is 24.7 Å². The van der Waals surface area contributed by atoms with Crippen molar-refractivity contribution in [2.45, 2.75) is 39.8 Å². The van der Waals surface area contributed by atoms with Crippen molar-refractivity contribution in [3.8, 4) is 5.75 Å². The largest absolute Gasteiger partial charge is 0.497 e. The molecule has 0 spiro atoms. The first-order chi connectivity index (χ1) is 13.8. The van der Waals surface area contributed by atoms with Gasteiger partial charge in [0.25, 0.3) is 0 Å². The van der Waals surface area contributed by atoms with Gasteiger partial charge in [0, 0.05) is 39.3 Å². The average molecular weight is 389 g/mol. The zero-order valence-corrected chi connectivity index (χ0v) is 17.1. The van der Waals surface area contributed by atoms with E-state index in [4.69, 9.17) is 14.5 Å². The van der Waals surface area contributed by atoms with E-state index in [9.17, 15) is 0 Å². The Morgan fingerprint density at radius 3 is 2.64 bits per heavy atom. The molecule has 0 aliphatic carbocycles. The van der Waals surface area contributed by atoms with Gasteiger partial charge in [-0.2, -0.15) is 0 Å². The second kappa shape index (κ2) is 12.7. The van der Waals surface area contributed by atoms with Gasteiger partial charge in [-0.15, -0.1) is 10.2 Å². The number of aryl methyl sites for hydroxylation is 1. The van der Waals surface area contributed by atoms with E-state index in [1.54, 1.807) is 13.4 Å². The molecule has 0 aliphatic rings. The molecule has 0 saturated carbocycles. The highest BCUT2D eigenvalue weighted by Gasteiger charge is 2.03. The molecule has 2 aromatic rings. The highest BCUT2D eigenvalue weighted by atomic mass is 16.5. The Morgan fingerprint density at radius 2 is 1.93 bits per heavy atom. The van der Waals surface area contributed by atoms with Crippen LogP contribution in [0.3, 0.4) is 0 Å². The van der Waals surface area contributed by atoms with Crippen molar-refractivity contribution in [1.82, 2.24) is 25.4 Å². The van der Waals surface area contributed by atoms with E-state index >= 15 is 0 Å². The molecule has 0 aliphatic heterocycles. The van der Waals surface area contributed by atoms with Gasteiger partial charge in [-0.1, -0.05) is 19.1 Å². The summed E-state index contributed by atoms with van der Waals surface area (Å²) in [7, 11) is 1.67. The van der Waals surface area contributed by atoms with Gasteiger partial charge in [-0.25, -0.2) is 4.99 Å². The van der Waals surface area contributed by atoms with Crippen LogP contribution in [-0.2, 0) is 24.2 Å². The van der Waals surface area contributed by atoms with Gasteiger partial charge in [0.15, 0.2) is 5.96 Å². The van der Waals surface area contributed by atoms with Crippen molar-refractivity contribution in [1.29, 1.82) is 0 Å². The van der Waals surface area contributed by atoms with Crippen molar-refractivity contribution in [2.24, 2.45) is 4.99 Å². The predicted molar refractivity (Wildman–Crippen MR) is 111 cm³/mol. The van der Waals surface area contributed by atoms with Crippen LogP contribution in [0.25, 0.3) is 0 Å². The molecule has 0 radical (unpaired) electrons. The van der Waals surface area contributed by atoms with Gasteiger partial charge in [-0.3, -0.25) is 0 Å². The first kappa shape index (κ1) is 21.7. The van der Waals surface area contributed by atoms with E-state index in [1.807, 2.05) is 31.2 Å². The lowest BCUT2D eigenvalue weighted by molar-refractivity contribution is 0.145. The maximum atomic E-state index is 5.39. The van der Waals surface area contributed by atoms with Crippen LogP contribution in [0.1, 0.15) is 31.7 Å². The third-order valence-corrected chi connectivity index (χ3v) is 4.20. The van der Waals surface area contributed by atoms with Crippen molar-refractivity contribution < 1.29 is 9.47 Å². The van der Waals surface area contributed by atoms with Crippen LogP contribution in [-0.4, -0.2) is 54.1 Å². The quantitative estimate of drug-likeness (QED) is 0.329. The highest BCUT2D eigenvalue weighted by molar-refractivity contribution is 5.79. The minimum absolute atomic E-state index is 0.595. The van der Waals surface area contributed by atoms with Crippen molar-refractivity contribution in [2.75, 3.05) is 33.4 Å². The molecular formula is C20H32N6O2. The van der Waals surface area contributed by atoms with Gasteiger partial charge in [0.1, 0.15) is 17.9 Å². The summed E-state index contributed by atoms with van der Waals surface area (Å²) in [4.78, 5) is 4.70. The van der Waals surface area contributed by atoms with Crippen LogP contribution in [0.5, 0.6) is 5.75 Å². The van der Waals surface area contributed by atoms with E-state index in [0.717, 1.165) is 68.8 Å². The summed E-state index contributed by atoms with van der Waals surface area (Å²) in [6.45, 7) is 8.51. The first-order valence-electron chi connectivity index (χ1n) is 9.86. The molecule has 0 atom stereocenters. The Hall–Kier alpha value is -2.61. The van der Waals surface area contributed by atoms with E-state index in [0.29, 0.717) is 6.54 Å². The van der Waals surface area contributed by atoms with Crippen LogP contribution >= 0.6 is 0 Å². The molecule has 0 unspecified atom stereocenters. The lowest BCUT2D eigenvalue weighted by Crippen LogP contribution is -2.39. The molecule has 1 aromatic carbocycles. The fraction of sp³-hybridized carbons (Fsp3) is 0.550. The average Bonchev–Trinajstić information content (AvgIpc) is 3.19. The monoisotopic (exact) mass is 388 g/mol. The van der Waals surface area contributed by atoms with Crippen molar-refractivity contribution >= 4 is 5.96 Å². The molecule has 2 N–H and O–H groups in total. The molecule has 0 fully saturated rings. The number of hydrogen-bond donors (Lipinski definition) is 2. The summed E-state index contributed by atoms with van der Waals surface area (Å²) in [6, 6.07) is 7.96. The van der Waals surface area contributed by atoms with Crippen LogP contribution in [0.2, 0.25) is 0 Å². The number of aromatic nitrogens is 3. The van der Waals surface area contributed by atoms with Crippen molar-refractivity contribution in [3.63, 3.8) is 0 Å². The Bertz CT molecular complexity index is 699. The Labute approximate surface area is 167 Å². The minimum Gasteiger partial charge on any atom is -0.497 e. The number of rotatable bonds is 12. The predicted octanol–water partition coefficient (Wildman–Crippen LogP) is 2.01. The smallest absolute Gasteiger partial charge is 0.191 e. The number of guanidine groups is 1. The molecule has 8 nitrogen and oxygen atoms in total. The SMILES string of the molecule is CCOCCCNC(=NCc1ccc(OC)cc1)NCCn1cnnc1CC. The molecule has 28 heavy (non-hydrogen) atoms. The molecule has 0 amide bonds. The molecule has 1 aromatic heterocycles. The highest BCUT2D eigenvalue weighted by Crippen LogP contribution is 2.11. The fourth-order valence-electron chi connectivity index (χ4n) is 2.64. The first-order valence-corrected chi connectivity index (χ1v) is 9.86. The number of nitrogens with one attached hydrogen (secondary N) is 2. The summed E-state index contributed by atoms with van der Waals surface area (Å²) in [5.41, 5.74) is 1.13. The molecule has 154 valence electrons. The maximum absolute atomic E-state index is 5.39. The normalized spacial score (nSPS) is 11.5. The van der Waals surface area contributed by atoms with Crippen LogP contribution in [0.15, 0.2) is 35.6 Å². The molecule has 8 heteroatoms. The zero-order valence-electron chi connectivity index (χ0n) is 17.1. The number of aliphatic imine (C=N–C) groups is 1. The standard InChI is InChI=1S/C20H32N6O2/c1-4-19-25-24-16-26(19)13-12-22-20(21-11-6-14-28-5-2)23-15-17-7-9-18(27-3)10-8-17/h7-10,16H,4-6,11-15H2,1-3H3,(H2,21,22,23). The second-order valence-corrected chi connectivity index (χ2v) is 6.21. The number of ether oxygens (including phenoxy) is 2. The third kappa shape index (κ3) is 7.56. The number of hydrogen-bond acceptors (Lipinski definition) is 5. The number of nitrogens with zero attached hydrogens (tertiary/aromatic N) is 4. The summed E-state index contributed by atoms with van der Waals surface area (Å²) in [5.74, 6) is 2.63. The number of benzene rings is 1. The summed E-state index contributed by atoms with van der Waals surface area (Å²) < 4.78 is 12.7. The Morgan fingerprint density at radius 1 is 1.14 bits per heavy atom. The molecule has 0 bridgehead atoms. The Kier molecular flexibility index (Phi) is 9.85. The van der Waals surface area contributed by atoms with Crippen LogP contribution < -0.4 is 15.4 Å². The van der Waals surface area contributed by atoms with Gasteiger partial charge >= 0.3 is 0 Å². The topological polar surface area (TPSA) is 85.6 Å². The van der Waals surface area contributed by atoms with Crippen LogP contribution in [0, 0.1) is 0 Å². The summed E-state index contributed by atoms with van der Waals surface area (Å²) >= 11 is 0. The van der Waals surface area contributed by atoms with Gasteiger partial charge in [-0.05, 0) is 31.0 Å². The molecule has 2 rings (SSSR count). The van der Waals surface area contributed by atoms with Gasteiger partial charge in [0.2, 0.25) is 0 Å². The Balaban J connectivity index is 1.88. The van der Waals surface area contributed by atoms with E-state index in [2.05, 4.69) is 32.3 Å². The maximum Gasteiger partial charge on any atom is 0.191 e. The van der Waals surface area contributed by atoms with Crippen molar-refractivity contribution in [3.05, 3.63) is 42.0 Å². The molecule has 0 saturated heterocycles. The number of methoxy groups -OCH3 is 1.